The van der Waals surface area contributed by atoms with E-state index in [4.69, 9.17) is 11.6 Å². The summed E-state index contributed by atoms with van der Waals surface area (Å²) < 4.78 is 14.3. The number of anilines is 2. The SMILES string of the molecule is O=C1[C@@H]2[C@@H](C(=O)N1c1ccc([N+](=O)[O-])cc1Cl)[C@]1(C(=O)Nc3ccc(F)cc31)N1CCC[C@@H]21. The van der Waals surface area contributed by atoms with Crippen molar-refractivity contribution < 1.29 is 23.7 Å². The summed E-state index contributed by atoms with van der Waals surface area (Å²) in [7, 11) is 0. The third-order valence-corrected chi connectivity index (χ3v) is 7.64. The lowest BCUT2D eigenvalue weighted by Crippen LogP contribution is -2.54. The summed E-state index contributed by atoms with van der Waals surface area (Å²) in [5.41, 5.74) is -0.979. The van der Waals surface area contributed by atoms with Crippen LogP contribution >= 0.6 is 11.6 Å². The monoisotopic (exact) mass is 470 g/mol. The van der Waals surface area contributed by atoms with E-state index in [0.717, 1.165) is 17.4 Å². The summed E-state index contributed by atoms with van der Waals surface area (Å²) >= 11 is 6.24. The zero-order valence-electron chi connectivity index (χ0n) is 17.0. The molecule has 3 saturated heterocycles. The Balaban J connectivity index is 1.53. The lowest BCUT2D eigenvalue weighted by Gasteiger charge is -2.36. The van der Waals surface area contributed by atoms with Gasteiger partial charge in [-0.2, -0.15) is 0 Å². The van der Waals surface area contributed by atoms with Gasteiger partial charge in [-0.15, -0.1) is 0 Å². The van der Waals surface area contributed by atoms with Crippen LogP contribution in [0.5, 0.6) is 0 Å². The maximum absolute atomic E-state index is 14.3. The Morgan fingerprint density at radius 3 is 2.67 bits per heavy atom. The third-order valence-electron chi connectivity index (χ3n) is 7.34. The van der Waals surface area contributed by atoms with Gasteiger partial charge in [-0.1, -0.05) is 11.6 Å². The van der Waals surface area contributed by atoms with Crippen LogP contribution in [0.25, 0.3) is 0 Å². The van der Waals surface area contributed by atoms with Gasteiger partial charge in [-0.25, -0.2) is 9.29 Å². The molecule has 0 aromatic heterocycles. The van der Waals surface area contributed by atoms with Crippen molar-refractivity contribution in [2.75, 3.05) is 16.8 Å². The van der Waals surface area contributed by atoms with E-state index in [2.05, 4.69) is 5.32 Å². The lowest BCUT2D eigenvalue weighted by atomic mass is 9.75. The predicted molar refractivity (Wildman–Crippen MR) is 114 cm³/mol. The smallest absolute Gasteiger partial charge is 0.271 e. The number of non-ortho nitro benzene ring substituents is 1. The summed E-state index contributed by atoms with van der Waals surface area (Å²) in [5.74, 6) is -4.01. The Bertz CT molecular complexity index is 1300. The van der Waals surface area contributed by atoms with E-state index in [-0.39, 0.29) is 22.4 Å². The van der Waals surface area contributed by atoms with Crippen LogP contribution < -0.4 is 10.2 Å². The highest BCUT2D eigenvalue weighted by Crippen LogP contribution is 2.61. The molecule has 4 aliphatic rings. The van der Waals surface area contributed by atoms with Crippen molar-refractivity contribution in [3.63, 3.8) is 0 Å². The van der Waals surface area contributed by atoms with Crippen LogP contribution in [0.1, 0.15) is 18.4 Å². The molecular formula is C22H16ClFN4O5. The standard InChI is InChI=1S/C22H16ClFN4O5/c23-13-9-11(28(32)33)4-6-15(13)27-19(29)17-16-2-1-7-26(16)22(18(17)20(27)30)12-8-10(24)3-5-14(12)25-21(22)31/h3-6,8-9,16-18H,1-2,7H2,(H,25,31)/t16-,17-,18-,22+/m0/s1. The second kappa shape index (κ2) is 6.58. The molecule has 3 fully saturated rings. The van der Waals surface area contributed by atoms with Crippen molar-refractivity contribution in [1.29, 1.82) is 0 Å². The molecule has 168 valence electrons. The van der Waals surface area contributed by atoms with Crippen LogP contribution in [-0.4, -0.2) is 40.1 Å². The van der Waals surface area contributed by atoms with Gasteiger partial charge in [0.2, 0.25) is 17.7 Å². The molecule has 6 rings (SSSR count). The molecule has 1 N–H and O–H groups in total. The number of carbonyl (C=O) groups excluding carboxylic acids is 3. The third kappa shape index (κ3) is 2.37. The highest BCUT2D eigenvalue weighted by atomic mass is 35.5. The minimum absolute atomic E-state index is 0.0317. The highest BCUT2D eigenvalue weighted by molar-refractivity contribution is 6.36. The normalized spacial score (nSPS) is 30.1. The molecule has 2 aromatic carbocycles. The average molecular weight is 471 g/mol. The van der Waals surface area contributed by atoms with Crippen molar-refractivity contribution in [3.05, 3.63) is 62.9 Å². The molecule has 4 heterocycles. The quantitative estimate of drug-likeness (QED) is 0.410. The molecule has 2 aromatic rings. The second-order valence-corrected chi connectivity index (χ2v) is 9.13. The molecule has 0 aliphatic carbocycles. The number of rotatable bonds is 2. The zero-order valence-corrected chi connectivity index (χ0v) is 17.7. The molecule has 1 spiro atoms. The van der Waals surface area contributed by atoms with Crippen LogP contribution in [0, 0.1) is 27.8 Å². The topological polar surface area (TPSA) is 113 Å². The number of nitro benzene ring substituents is 1. The number of fused-ring (bicyclic) bond motifs is 7. The van der Waals surface area contributed by atoms with E-state index in [1.165, 1.54) is 30.3 Å². The first kappa shape index (κ1) is 20.3. The molecule has 0 saturated carbocycles. The first-order chi connectivity index (χ1) is 15.8. The maximum Gasteiger partial charge on any atom is 0.271 e. The van der Waals surface area contributed by atoms with Crippen molar-refractivity contribution in [3.8, 4) is 0 Å². The molecule has 11 heteroatoms. The zero-order chi connectivity index (χ0) is 23.2. The Labute approximate surface area is 191 Å². The molecule has 0 unspecified atom stereocenters. The summed E-state index contributed by atoms with van der Waals surface area (Å²) in [6, 6.07) is 7.09. The van der Waals surface area contributed by atoms with Crippen molar-refractivity contribution in [1.82, 2.24) is 4.90 Å². The number of halogens is 2. The maximum atomic E-state index is 14.3. The lowest BCUT2D eigenvalue weighted by molar-refractivity contribution is -0.384. The first-order valence-electron chi connectivity index (χ1n) is 10.5. The fraction of sp³-hybridized carbons (Fsp3) is 0.318. The van der Waals surface area contributed by atoms with Crippen LogP contribution in [0.3, 0.4) is 0 Å². The molecule has 0 radical (unpaired) electrons. The minimum Gasteiger partial charge on any atom is -0.324 e. The van der Waals surface area contributed by atoms with Gasteiger partial charge in [-0.05, 0) is 43.7 Å². The second-order valence-electron chi connectivity index (χ2n) is 8.72. The molecule has 4 atom stereocenters. The molecule has 3 amide bonds. The highest BCUT2D eigenvalue weighted by Gasteiger charge is 2.74. The van der Waals surface area contributed by atoms with Gasteiger partial charge >= 0.3 is 0 Å². The summed E-state index contributed by atoms with van der Waals surface area (Å²) in [6.07, 6.45) is 1.34. The number of hydrogen-bond donors (Lipinski definition) is 1. The van der Waals surface area contributed by atoms with Crippen LogP contribution in [0.2, 0.25) is 5.02 Å². The van der Waals surface area contributed by atoms with E-state index >= 15 is 0 Å². The van der Waals surface area contributed by atoms with Crippen LogP contribution in [0.4, 0.5) is 21.5 Å². The van der Waals surface area contributed by atoms with Gasteiger partial charge in [0.1, 0.15) is 11.4 Å². The number of carbonyl (C=O) groups is 3. The number of hydrogen-bond acceptors (Lipinski definition) is 6. The average Bonchev–Trinajstić information content (AvgIpc) is 3.47. The molecule has 33 heavy (non-hydrogen) atoms. The minimum atomic E-state index is -1.50. The number of nitrogens with zero attached hydrogens (tertiary/aromatic N) is 3. The van der Waals surface area contributed by atoms with Crippen molar-refractivity contribution in [2.45, 2.75) is 24.4 Å². The van der Waals surface area contributed by atoms with E-state index in [9.17, 15) is 28.9 Å². The van der Waals surface area contributed by atoms with Crippen LogP contribution in [-0.2, 0) is 19.9 Å². The fourth-order valence-corrected chi connectivity index (χ4v) is 6.46. The van der Waals surface area contributed by atoms with Crippen molar-refractivity contribution >= 4 is 46.4 Å². The number of benzene rings is 2. The van der Waals surface area contributed by atoms with Gasteiger partial charge in [0.25, 0.3) is 5.69 Å². The number of imide groups is 1. The Morgan fingerprint density at radius 2 is 1.94 bits per heavy atom. The van der Waals surface area contributed by atoms with Crippen LogP contribution in [0.15, 0.2) is 36.4 Å². The van der Waals surface area contributed by atoms with Gasteiger partial charge in [0, 0.05) is 29.4 Å². The number of amides is 3. The number of nitro groups is 1. The Morgan fingerprint density at radius 1 is 1.15 bits per heavy atom. The Hall–Kier alpha value is -3.37. The predicted octanol–water partition coefficient (Wildman–Crippen LogP) is 2.82. The number of nitrogens with one attached hydrogen (secondary N) is 1. The largest absolute Gasteiger partial charge is 0.324 e. The molecule has 4 aliphatic heterocycles. The van der Waals surface area contributed by atoms with Gasteiger partial charge < -0.3 is 5.32 Å². The first-order valence-corrected chi connectivity index (χ1v) is 10.8. The Kier molecular flexibility index (Phi) is 4.04. The summed E-state index contributed by atoms with van der Waals surface area (Å²) in [6.45, 7) is 0.500. The molecule has 0 bridgehead atoms. The molecular weight excluding hydrogens is 455 g/mol. The molecule has 9 nitrogen and oxygen atoms in total. The van der Waals surface area contributed by atoms with Gasteiger partial charge in [-0.3, -0.25) is 29.4 Å². The van der Waals surface area contributed by atoms with E-state index in [1.807, 2.05) is 4.90 Å². The van der Waals surface area contributed by atoms with E-state index in [1.54, 1.807) is 0 Å². The fourth-order valence-electron chi connectivity index (χ4n) is 6.20. The van der Waals surface area contributed by atoms with Gasteiger partial charge in [0.05, 0.1) is 27.5 Å². The summed E-state index contributed by atoms with van der Waals surface area (Å²) in [5, 5.41) is 13.7. The van der Waals surface area contributed by atoms with E-state index < -0.39 is 45.8 Å². The van der Waals surface area contributed by atoms with E-state index in [0.29, 0.717) is 24.2 Å². The van der Waals surface area contributed by atoms with Crippen molar-refractivity contribution in [2.24, 2.45) is 11.8 Å². The van der Waals surface area contributed by atoms with Gasteiger partial charge in [0.15, 0.2) is 0 Å². The summed E-state index contributed by atoms with van der Waals surface area (Å²) in [4.78, 5) is 54.2.